The van der Waals surface area contributed by atoms with Gasteiger partial charge in [-0.15, -0.1) is 0 Å². The van der Waals surface area contributed by atoms with E-state index in [0.29, 0.717) is 30.5 Å². The van der Waals surface area contributed by atoms with Gasteiger partial charge in [0.1, 0.15) is 5.82 Å². The van der Waals surface area contributed by atoms with E-state index in [1.165, 1.54) is 6.07 Å². The maximum Gasteiger partial charge on any atom is 0.224 e. The van der Waals surface area contributed by atoms with Crippen LogP contribution >= 0.6 is 0 Å². The summed E-state index contributed by atoms with van der Waals surface area (Å²) in [6, 6.07) is 16.4. The third-order valence-electron chi connectivity index (χ3n) is 6.10. The van der Waals surface area contributed by atoms with Crippen molar-refractivity contribution in [1.29, 1.82) is 0 Å². The first-order valence-corrected chi connectivity index (χ1v) is 10.7. The van der Waals surface area contributed by atoms with Gasteiger partial charge in [0.2, 0.25) is 5.91 Å². The number of allylic oxidation sites excluding steroid dienone is 1. The lowest BCUT2D eigenvalue weighted by molar-refractivity contribution is -0.122. The van der Waals surface area contributed by atoms with Crippen molar-refractivity contribution in [3.8, 4) is 0 Å². The molecule has 4 rings (SSSR count). The molecule has 30 heavy (non-hydrogen) atoms. The first-order valence-electron chi connectivity index (χ1n) is 10.7. The van der Waals surface area contributed by atoms with Crippen molar-refractivity contribution in [1.82, 2.24) is 10.2 Å². The molecule has 0 aromatic heterocycles. The van der Waals surface area contributed by atoms with Crippen molar-refractivity contribution in [2.24, 2.45) is 0 Å². The molecule has 4 nitrogen and oxygen atoms in total. The summed E-state index contributed by atoms with van der Waals surface area (Å²) < 4.78 is 14.4. The molecule has 1 atom stereocenters. The van der Waals surface area contributed by atoms with Crippen LogP contribution in [0.5, 0.6) is 0 Å². The van der Waals surface area contributed by atoms with Crippen molar-refractivity contribution in [2.75, 3.05) is 19.6 Å². The third-order valence-corrected chi connectivity index (χ3v) is 6.10. The molecule has 0 saturated carbocycles. The predicted molar refractivity (Wildman–Crippen MR) is 115 cm³/mol. The third kappa shape index (κ3) is 4.51. The van der Waals surface area contributed by atoms with Gasteiger partial charge in [0.25, 0.3) is 0 Å². The topological polar surface area (TPSA) is 49.4 Å². The summed E-state index contributed by atoms with van der Waals surface area (Å²) in [6.07, 6.45) is 3.38. The molecule has 2 aliphatic rings. The number of likely N-dealkylation sites (tertiary alicyclic amines) is 1. The molecule has 1 aliphatic heterocycles. The Labute approximate surface area is 176 Å². The summed E-state index contributed by atoms with van der Waals surface area (Å²) in [5, 5.41) is 2.97. The molecule has 1 heterocycles. The van der Waals surface area contributed by atoms with E-state index in [-0.39, 0.29) is 30.0 Å². The molecule has 156 valence electrons. The average molecular weight is 407 g/mol. The Hall–Kier alpha value is -2.79. The number of ketones is 1. The molecule has 2 aromatic carbocycles. The van der Waals surface area contributed by atoms with Gasteiger partial charge in [-0.25, -0.2) is 4.39 Å². The quantitative estimate of drug-likeness (QED) is 0.746. The van der Waals surface area contributed by atoms with Crippen LogP contribution in [0.15, 0.2) is 60.2 Å². The maximum atomic E-state index is 14.4. The molecular weight excluding hydrogens is 379 g/mol. The summed E-state index contributed by atoms with van der Waals surface area (Å²) >= 11 is 0. The number of carbonyl (C=O) groups is 2. The molecule has 1 N–H and O–H groups in total. The van der Waals surface area contributed by atoms with Gasteiger partial charge < -0.3 is 5.32 Å². The minimum Gasteiger partial charge on any atom is -0.354 e. The van der Waals surface area contributed by atoms with E-state index in [1.54, 1.807) is 12.1 Å². The van der Waals surface area contributed by atoms with Crippen molar-refractivity contribution in [2.45, 2.75) is 38.1 Å². The van der Waals surface area contributed by atoms with E-state index in [1.807, 2.05) is 36.4 Å². The Kier molecular flexibility index (Phi) is 6.38. The van der Waals surface area contributed by atoms with Crippen LogP contribution in [0.4, 0.5) is 4.39 Å². The van der Waals surface area contributed by atoms with Crippen molar-refractivity contribution < 1.29 is 14.0 Å². The summed E-state index contributed by atoms with van der Waals surface area (Å²) in [6.45, 7) is 2.13. The lowest BCUT2D eigenvalue weighted by Crippen LogP contribution is -2.37. The standard InChI is InChI=1S/C25H27FN2O2/c26-22-11-5-4-10-20(22)23(28-14-6-7-15-28)17-27-25(30)16-21-19(12-13-24(21)29)18-8-2-1-3-9-18/h1-5,8-11,23H,6-7,12-17H2,(H,27,30). The van der Waals surface area contributed by atoms with Crippen LogP contribution in [-0.2, 0) is 9.59 Å². The molecule has 1 unspecified atom stereocenters. The lowest BCUT2D eigenvalue weighted by Gasteiger charge is -2.28. The summed E-state index contributed by atoms with van der Waals surface area (Å²) in [7, 11) is 0. The number of rotatable bonds is 7. The van der Waals surface area contributed by atoms with Crippen molar-refractivity contribution in [3.05, 3.63) is 77.1 Å². The fourth-order valence-electron chi connectivity index (χ4n) is 4.54. The molecule has 1 aliphatic carbocycles. The van der Waals surface area contributed by atoms with Crippen molar-refractivity contribution >= 4 is 17.3 Å². The Morgan fingerprint density at radius 2 is 1.70 bits per heavy atom. The average Bonchev–Trinajstić information content (AvgIpc) is 3.41. The smallest absolute Gasteiger partial charge is 0.224 e. The Morgan fingerprint density at radius 3 is 2.43 bits per heavy atom. The highest BCUT2D eigenvalue weighted by Crippen LogP contribution is 2.33. The van der Waals surface area contributed by atoms with E-state index in [4.69, 9.17) is 0 Å². The number of benzene rings is 2. The first kappa shape index (κ1) is 20.5. The Balaban J connectivity index is 1.47. The first-order chi connectivity index (χ1) is 14.6. The van der Waals surface area contributed by atoms with E-state index in [2.05, 4.69) is 10.2 Å². The van der Waals surface area contributed by atoms with Gasteiger partial charge in [0.05, 0.1) is 12.5 Å². The Morgan fingerprint density at radius 1 is 1.00 bits per heavy atom. The van der Waals surface area contributed by atoms with Gasteiger partial charge in [-0.1, -0.05) is 48.5 Å². The second kappa shape index (κ2) is 9.35. The highest BCUT2D eigenvalue weighted by atomic mass is 19.1. The molecule has 1 saturated heterocycles. The van der Waals surface area contributed by atoms with Gasteiger partial charge in [-0.05, 0) is 49.6 Å². The van der Waals surface area contributed by atoms with E-state index >= 15 is 0 Å². The molecule has 0 bridgehead atoms. The second-order valence-electron chi connectivity index (χ2n) is 8.01. The SMILES string of the molecule is O=C(CC1=C(c2ccccc2)CCC1=O)NCC(c1ccccc1F)N1CCCC1. The largest absolute Gasteiger partial charge is 0.354 e. The zero-order valence-electron chi connectivity index (χ0n) is 17.1. The number of Topliss-reactive ketones (excluding diaryl/α,β-unsaturated/α-hetero) is 1. The summed E-state index contributed by atoms with van der Waals surface area (Å²) in [5.74, 6) is -0.382. The number of nitrogens with zero attached hydrogens (tertiary/aromatic N) is 1. The van der Waals surface area contributed by atoms with E-state index in [0.717, 1.165) is 37.1 Å². The van der Waals surface area contributed by atoms with Gasteiger partial charge >= 0.3 is 0 Å². The highest BCUT2D eigenvalue weighted by molar-refractivity contribution is 6.10. The molecule has 5 heteroatoms. The summed E-state index contributed by atoms with van der Waals surface area (Å²) in [4.78, 5) is 27.4. The molecule has 0 spiro atoms. The van der Waals surface area contributed by atoms with Crippen LogP contribution in [0.25, 0.3) is 5.57 Å². The van der Waals surface area contributed by atoms with Gasteiger partial charge in [-0.2, -0.15) is 0 Å². The van der Waals surface area contributed by atoms with Gasteiger partial charge in [-0.3, -0.25) is 14.5 Å². The van der Waals surface area contributed by atoms with E-state index in [9.17, 15) is 14.0 Å². The molecule has 0 radical (unpaired) electrons. The van der Waals surface area contributed by atoms with Crippen LogP contribution in [0.2, 0.25) is 0 Å². The van der Waals surface area contributed by atoms with Gasteiger partial charge in [0.15, 0.2) is 5.78 Å². The number of hydrogen-bond donors (Lipinski definition) is 1. The minimum absolute atomic E-state index is 0.0502. The molecule has 2 aromatic rings. The Bertz CT molecular complexity index is 949. The van der Waals surface area contributed by atoms with Crippen LogP contribution < -0.4 is 5.32 Å². The molecule has 1 amide bonds. The monoisotopic (exact) mass is 406 g/mol. The fraction of sp³-hybridized carbons (Fsp3) is 0.360. The fourth-order valence-corrected chi connectivity index (χ4v) is 4.54. The number of hydrogen-bond acceptors (Lipinski definition) is 3. The number of amides is 1. The normalized spacial score (nSPS) is 18.1. The molecular formula is C25H27FN2O2. The predicted octanol–water partition coefficient (Wildman–Crippen LogP) is 4.29. The zero-order chi connectivity index (χ0) is 20.9. The van der Waals surface area contributed by atoms with Gasteiger partial charge in [0, 0.05) is 24.1 Å². The number of nitrogens with one attached hydrogen (secondary N) is 1. The molecule has 1 fully saturated rings. The van der Waals surface area contributed by atoms with Crippen LogP contribution in [0.1, 0.15) is 49.3 Å². The maximum absolute atomic E-state index is 14.4. The summed E-state index contributed by atoms with van der Waals surface area (Å²) in [5.41, 5.74) is 3.21. The minimum atomic E-state index is -0.247. The van der Waals surface area contributed by atoms with Crippen LogP contribution in [0.3, 0.4) is 0 Å². The van der Waals surface area contributed by atoms with Crippen LogP contribution in [0, 0.1) is 5.82 Å². The van der Waals surface area contributed by atoms with Crippen LogP contribution in [-0.4, -0.2) is 36.2 Å². The highest BCUT2D eigenvalue weighted by Gasteiger charge is 2.28. The zero-order valence-corrected chi connectivity index (χ0v) is 17.1. The lowest BCUT2D eigenvalue weighted by atomic mass is 9.99. The van der Waals surface area contributed by atoms with E-state index < -0.39 is 0 Å². The second-order valence-corrected chi connectivity index (χ2v) is 8.01. The van der Waals surface area contributed by atoms with Crippen molar-refractivity contribution in [3.63, 3.8) is 0 Å². The number of halogens is 1. The number of carbonyl (C=O) groups excluding carboxylic acids is 2.